The van der Waals surface area contributed by atoms with E-state index in [0.29, 0.717) is 5.57 Å². The van der Waals surface area contributed by atoms with Crippen LogP contribution in [0, 0.1) is 0 Å². The van der Waals surface area contributed by atoms with E-state index in [1.807, 2.05) is 6.92 Å². The van der Waals surface area contributed by atoms with Crippen molar-refractivity contribution in [2.24, 2.45) is 0 Å². The van der Waals surface area contributed by atoms with Gasteiger partial charge in [0.1, 0.15) is 0 Å². The smallest absolute Gasteiger partial charge is 0.272 e. The molecule has 2 N–H and O–H groups in total. The fourth-order valence-electron chi connectivity index (χ4n) is 0.487. The highest BCUT2D eigenvalue weighted by Gasteiger charge is 1.92. The molecule has 0 bridgehead atoms. The lowest BCUT2D eigenvalue weighted by molar-refractivity contribution is 0.183. The van der Waals surface area contributed by atoms with E-state index in [9.17, 15) is 0 Å². The molecule has 2 heteroatoms. The standard InChI is InChI=1S/C6H12O2/c1-3-4-5(2)6(7)8/h7-8H,3-4H2,1-2H3. The normalized spacial score (nSPS) is 8.75. The molecule has 0 radical (unpaired) electrons. The van der Waals surface area contributed by atoms with Gasteiger partial charge in [0.2, 0.25) is 0 Å². The number of hydrogen-bond donors (Lipinski definition) is 2. The van der Waals surface area contributed by atoms with E-state index in [2.05, 4.69) is 0 Å². The van der Waals surface area contributed by atoms with Gasteiger partial charge in [-0.1, -0.05) is 13.3 Å². The van der Waals surface area contributed by atoms with Crippen molar-refractivity contribution in [3.63, 3.8) is 0 Å². The molecule has 0 spiro atoms. The van der Waals surface area contributed by atoms with E-state index < -0.39 is 5.95 Å². The lowest BCUT2D eigenvalue weighted by Crippen LogP contribution is -1.83. The molecule has 0 fully saturated rings. The molecule has 0 saturated heterocycles. The van der Waals surface area contributed by atoms with Gasteiger partial charge in [0, 0.05) is 5.57 Å². The van der Waals surface area contributed by atoms with Gasteiger partial charge >= 0.3 is 0 Å². The Kier molecular flexibility index (Phi) is 3.08. The maximum atomic E-state index is 8.39. The Bertz CT molecular complexity index is 90.7. The maximum absolute atomic E-state index is 8.39. The summed E-state index contributed by atoms with van der Waals surface area (Å²) in [5, 5.41) is 16.8. The highest BCUT2D eigenvalue weighted by Crippen LogP contribution is 2.04. The van der Waals surface area contributed by atoms with Crippen LogP contribution in [-0.2, 0) is 0 Å². The summed E-state index contributed by atoms with van der Waals surface area (Å²) >= 11 is 0. The van der Waals surface area contributed by atoms with Crippen molar-refractivity contribution in [1.29, 1.82) is 0 Å². The van der Waals surface area contributed by atoms with Crippen LogP contribution in [-0.4, -0.2) is 10.2 Å². The summed E-state index contributed by atoms with van der Waals surface area (Å²) in [5.74, 6) is -0.521. The summed E-state index contributed by atoms with van der Waals surface area (Å²) in [6.07, 6.45) is 1.72. The summed E-state index contributed by atoms with van der Waals surface area (Å²) in [6.45, 7) is 3.70. The molecule has 0 saturated carbocycles. The minimum Gasteiger partial charge on any atom is -0.481 e. The van der Waals surface area contributed by atoms with E-state index in [-0.39, 0.29) is 0 Å². The molecule has 2 nitrogen and oxygen atoms in total. The average molecular weight is 116 g/mol. The topological polar surface area (TPSA) is 40.5 Å². The van der Waals surface area contributed by atoms with Crippen LogP contribution in [0.3, 0.4) is 0 Å². The van der Waals surface area contributed by atoms with Crippen LogP contribution in [0.25, 0.3) is 0 Å². The average Bonchev–Trinajstić information content (AvgIpc) is 1.67. The van der Waals surface area contributed by atoms with E-state index in [0.717, 1.165) is 12.8 Å². The van der Waals surface area contributed by atoms with Gasteiger partial charge in [-0.2, -0.15) is 0 Å². The maximum Gasteiger partial charge on any atom is 0.272 e. The van der Waals surface area contributed by atoms with Gasteiger partial charge in [-0.05, 0) is 13.3 Å². The molecular weight excluding hydrogens is 104 g/mol. The van der Waals surface area contributed by atoms with Gasteiger partial charge in [-0.25, -0.2) is 0 Å². The van der Waals surface area contributed by atoms with E-state index in [1.54, 1.807) is 6.92 Å². The van der Waals surface area contributed by atoms with Gasteiger partial charge in [0.25, 0.3) is 5.95 Å². The van der Waals surface area contributed by atoms with E-state index in [1.165, 1.54) is 0 Å². The van der Waals surface area contributed by atoms with Crippen LogP contribution in [0.15, 0.2) is 11.5 Å². The Morgan fingerprint density at radius 3 is 2.00 bits per heavy atom. The second kappa shape index (κ2) is 3.36. The number of aliphatic hydroxyl groups is 2. The van der Waals surface area contributed by atoms with Crippen molar-refractivity contribution in [1.82, 2.24) is 0 Å². The summed E-state index contributed by atoms with van der Waals surface area (Å²) in [5.41, 5.74) is 0.660. The Balaban J connectivity index is 3.62. The fourth-order valence-corrected chi connectivity index (χ4v) is 0.487. The van der Waals surface area contributed by atoms with Crippen LogP contribution in [0.5, 0.6) is 0 Å². The first-order chi connectivity index (χ1) is 3.68. The predicted octanol–water partition coefficient (Wildman–Crippen LogP) is 2.13. The van der Waals surface area contributed by atoms with Crippen LogP contribution in [0.2, 0.25) is 0 Å². The van der Waals surface area contributed by atoms with Gasteiger partial charge in [-0.3, -0.25) is 0 Å². The molecule has 0 aromatic rings. The number of aliphatic hydroxyl groups excluding tert-OH is 1. The molecule has 0 aliphatic rings. The van der Waals surface area contributed by atoms with Crippen LogP contribution >= 0.6 is 0 Å². The fraction of sp³-hybridized carbons (Fsp3) is 0.667. The van der Waals surface area contributed by atoms with Crippen molar-refractivity contribution in [3.05, 3.63) is 11.5 Å². The summed E-state index contributed by atoms with van der Waals surface area (Å²) < 4.78 is 0. The Labute approximate surface area is 49.5 Å². The lowest BCUT2D eigenvalue weighted by atomic mass is 10.2. The van der Waals surface area contributed by atoms with Gasteiger partial charge < -0.3 is 10.2 Å². The summed E-state index contributed by atoms with van der Waals surface area (Å²) in [4.78, 5) is 0. The van der Waals surface area contributed by atoms with Gasteiger partial charge in [0.05, 0.1) is 0 Å². The second-order valence-corrected chi connectivity index (χ2v) is 1.85. The highest BCUT2D eigenvalue weighted by atomic mass is 16.5. The summed E-state index contributed by atoms with van der Waals surface area (Å²) in [7, 11) is 0. The first kappa shape index (κ1) is 7.34. The molecule has 0 aliphatic heterocycles. The molecule has 0 aromatic carbocycles. The zero-order valence-corrected chi connectivity index (χ0v) is 5.31. The van der Waals surface area contributed by atoms with Crippen molar-refractivity contribution in [3.8, 4) is 0 Å². The first-order valence-electron chi connectivity index (χ1n) is 2.76. The molecule has 48 valence electrons. The lowest BCUT2D eigenvalue weighted by Gasteiger charge is -1.94. The van der Waals surface area contributed by atoms with Gasteiger partial charge in [-0.15, -0.1) is 0 Å². The van der Waals surface area contributed by atoms with Crippen LogP contribution in [0.4, 0.5) is 0 Å². The second-order valence-electron chi connectivity index (χ2n) is 1.85. The summed E-state index contributed by atoms with van der Waals surface area (Å²) in [6, 6.07) is 0. The Morgan fingerprint density at radius 2 is 1.88 bits per heavy atom. The molecule has 0 aromatic heterocycles. The van der Waals surface area contributed by atoms with Crippen molar-refractivity contribution >= 4 is 0 Å². The quantitative estimate of drug-likeness (QED) is 0.542. The Morgan fingerprint density at radius 1 is 1.38 bits per heavy atom. The number of hydrogen-bond acceptors (Lipinski definition) is 2. The monoisotopic (exact) mass is 116 g/mol. The van der Waals surface area contributed by atoms with Crippen LogP contribution < -0.4 is 0 Å². The minimum absolute atomic E-state index is 0.521. The molecule has 0 aliphatic carbocycles. The number of rotatable bonds is 2. The molecule has 0 amide bonds. The third-order valence-electron chi connectivity index (χ3n) is 1.01. The van der Waals surface area contributed by atoms with E-state index >= 15 is 0 Å². The largest absolute Gasteiger partial charge is 0.481 e. The molecular formula is C6H12O2. The molecule has 0 unspecified atom stereocenters. The van der Waals surface area contributed by atoms with Crippen molar-refractivity contribution in [2.75, 3.05) is 0 Å². The predicted molar refractivity (Wildman–Crippen MR) is 32.9 cm³/mol. The zero-order valence-electron chi connectivity index (χ0n) is 5.31. The van der Waals surface area contributed by atoms with Crippen molar-refractivity contribution < 1.29 is 10.2 Å². The highest BCUT2D eigenvalue weighted by molar-refractivity contribution is 4.96. The minimum atomic E-state index is -0.521. The first-order valence-corrected chi connectivity index (χ1v) is 2.76. The number of allylic oxidation sites excluding steroid dienone is 1. The molecule has 8 heavy (non-hydrogen) atoms. The zero-order chi connectivity index (χ0) is 6.57. The SMILES string of the molecule is CCCC(C)=C(O)O. The van der Waals surface area contributed by atoms with Crippen molar-refractivity contribution in [2.45, 2.75) is 26.7 Å². The molecule has 0 atom stereocenters. The molecule has 0 rings (SSSR count). The molecule has 0 heterocycles. The van der Waals surface area contributed by atoms with Crippen LogP contribution in [0.1, 0.15) is 26.7 Å². The Hall–Kier alpha value is -0.660. The van der Waals surface area contributed by atoms with E-state index in [4.69, 9.17) is 10.2 Å². The third-order valence-corrected chi connectivity index (χ3v) is 1.01. The third kappa shape index (κ3) is 2.50. The van der Waals surface area contributed by atoms with Gasteiger partial charge in [0.15, 0.2) is 0 Å².